The smallest absolute Gasteiger partial charge is 0.159 e. The topological polar surface area (TPSA) is 56.0 Å². The maximum Gasteiger partial charge on any atom is 0.159 e. The van der Waals surface area contributed by atoms with E-state index in [4.69, 9.17) is 16.6 Å². The number of nitrogens with zero attached hydrogens (tertiary/aromatic N) is 5. The summed E-state index contributed by atoms with van der Waals surface area (Å²) in [7, 11) is 0. The highest BCUT2D eigenvalue weighted by molar-refractivity contribution is 7.98. The number of aliphatic imine (C=N–C) groups is 1. The Labute approximate surface area is 148 Å². The fraction of sp³-hybridized carbons (Fsp3) is 0.176. The fourth-order valence-electron chi connectivity index (χ4n) is 2.80. The molecule has 0 N–H and O–H groups in total. The van der Waals surface area contributed by atoms with Crippen LogP contribution < -0.4 is 0 Å². The van der Waals surface area contributed by atoms with E-state index in [1.165, 1.54) is 4.90 Å². The molecule has 0 amide bonds. The first-order valence-corrected chi connectivity index (χ1v) is 9.21. The number of thioether (sulfide) groups is 1. The van der Waals surface area contributed by atoms with Crippen LogP contribution in [0.5, 0.6) is 0 Å². The van der Waals surface area contributed by atoms with Gasteiger partial charge in [0.2, 0.25) is 0 Å². The van der Waals surface area contributed by atoms with Crippen LogP contribution in [0.1, 0.15) is 22.9 Å². The average Bonchev–Trinajstić information content (AvgIpc) is 2.98. The lowest BCUT2D eigenvalue weighted by Crippen LogP contribution is -2.10. The van der Waals surface area contributed by atoms with Gasteiger partial charge in [0, 0.05) is 16.7 Å². The third-order valence-electron chi connectivity index (χ3n) is 3.90. The summed E-state index contributed by atoms with van der Waals surface area (Å²) >= 11 is 7.76. The van der Waals surface area contributed by atoms with E-state index in [1.807, 2.05) is 22.8 Å². The van der Waals surface area contributed by atoms with Crippen molar-refractivity contribution in [3.8, 4) is 5.69 Å². The van der Waals surface area contributed by atoms with E-state index in [2.05, 4.69) is 39.6 Å². The summed E-state index contributed by atoms with van der Waals surface area (Å²) < 4.78 is 2.01. The Morgan fingerprint density at radius 2 is 2.12 bits per heavy atom. The number of hydrogen-bond acceptors (Lipinski definition) is 5. The molecule has 1 aliphatic heterocycles. The first-order chi connectivity index (χ1) is 11.8. The highest BCUT2D eigenvalue weighted by Gasteiger charge is 2.23. The minimum absolute atomic E-state index is 0.301. The molecule has 0 aliphatic carbocycles. The minimum Gasteiger partial charge on any atom is -0.280 e. The van der Waals surface area contributed by atoms with Gasteiger partial charge in [-0.2, -0.15) is 0 Å². The van der Waals surface area contributed by atoms with Crippen LogP contribution in [0.15, 0.2) is 52.5 Å². The van der Waals surface area contributed by atoms with Crippen LogP contribution >= 0.6 is 23.4 Å². The van der Waals surface area contributed by atoms with Gasteiger partial charge in [0.15, 0.2) is 11.6 Å². The van der Waals surface area contributed by atoms with Crippen molar-refractivity contribution in [2.24, 2.45) is 4.99 Å². The molecule has 0 spiro atoms. The molecule has 2 aromatic heterocycles. The summed E-state index contributed by atoms with van der Waals surface area (Å²) in [6.07, 6.45) is 3.84. The molecule has 0 radical (unpaired) electrons. The SMILES string of the molecule is CSc1ccc2c(c1)C(c1ccccn1)=NCc1nnc(CCl)n1-2. The van der Waals surface area contributed by atoms with Crippen molar-refractivity contribution in [1.82, 2.24) is 19.7 Å². The second-order valence-electron chi connectivity index (χ2n) is 5.26. The Hall–Kier alpha value is -2.18. The number of pyridine rings is 1. The van der Waals surface area contributed by atoms with Gasteiger partial charge in [-0.3, -0.25) is 14.5 Å². The van der Waals surface area contributed by atoms with Crippen molar-refractivity contribution in [3.63, 3.8) is 0 Å². The molecular formula is C17H14ClN5S. The van der Waals surface area contributed by atoms with E-state index in [1.54, 1.807) is 18.0 Å². The maximum atomic E-state index is 6.06. The molecule has 3 heterocycles. The van der Waals surface area contributed by atoms with Gasteiger partial charge in [0.05, 0.1) is 23.0 Å². The van der Waals surface area contributed by atoms with Gasteiger partial charge in [-0.25, -0.2) is 0 Å². The number of rotatable bonds is 3. The lowest BCUT2D eigenvalue weighted by atomic mass is 10.0. The van der Waals surface area contributed by atoms with Crippen LogP contribution in [0.3, 0.4) is 0 Å². The van der Waals surface area contributed by atoms with Crippen molar-refractivity contribution in [2.45, 2.75) is 17.3 Å². The second-order valence-corrected chi connectivity index (χ2v) is 6.41. The van der Waals surface area contributed by atoms with E-state index in [0.29, 0.717) is 12.4 Å². The number of halogens is 1. The molecule has 1 aromatic carbocycles. The Balaban J connectivity index is 1.99. The summed E-state index contributed by atoms with van der Waals surface area (Å²) in [4.78, 5) is 10.4. The highest BCUT2D eigenvalue weighted by atomic mass is 35.5. The largest absolute Gasteiger partial charge is 0.280 e. The van der Waals surface area contributed by atoms with Crippen molar-refractivity contribution in [1.29, 1.82) is 0 Å². The van der Waals surface area contributed by atoms with Gasteiger partial charge in [-0.1, -0.05) is 6.07 Å². The Kier molecular flexibility index (Phi) is 4.08. The Morgan fingerprint density at radius 3 is 2.88 bits per heavy atom. The monoisotopic (exact) mass is 355 g/mol. The van der Waals surface area contributed by atoms with E-state index < -0.39 is 0 Å². The summed E-state index contributed by atoms with van der Waals surface area (Å²) in [5, 5.41) is 8.44. The Morgan fingerprint density at radius 1 is 1.21 bits per heavy atom. The van der Waals surface area contributed by atoms with Gasteiger partial charge in [0.1, 0.15) is 6.54 Å². The van der Waals surface area contributed by atoms with Crippen LogP contribution in [0.2, 0.25) is 0 Å². The molecule has 7 heteroatoms. The molecule has 5 nitrogen and oxygen atoms in total. The lowest BCUT2D eigenvalue weighted by Gasteiger charge is -2.13. The predicted molar refractivity (Wildman–Crippen MR) is 96.3 cm³/mol. The average molecular weight is 356 g/mol. The molecule has 3 aromatic rings. The molecule has 0 atom stereocenters. The first kappa shape index (κ1) is 15.4. The molecular weight excluding hydrogens is 342 g/mol. The maximum absolute atomic E-state index is 6.06. The molecule has 0 saturated heterocycles. The van der Waals surface area contributed by atoms with Gasteiger partial charge in [-0.05, 0) is 36.6 Å². The standard InChI is InChI=1S/C17H14ClN5S/c1-24-11-5-6-14-12(8-11)17(13-4-2-3-7-19-13)20-10-16-22-21-15(9-18)23(14)16/h2-8H,9-10H2,1H3. The van der Waals surface area contributed by atoms with Crippen LogP contribution in [0, 0.1) is 0 Å². The van der Waals surface area contributed by atoms with Gasteiger partial charge >= 0.3 is 0 Å². The van der Waals surface area contributed by atoms with Crippen molar-refractivity contribution < 1.29 is 0 Å². The third-order valence-corrected chi connectivity index (χ3v) is 4.87. The summed E-state index contributed by atoms with van der Waals surface area (Å²) in [6.45, 7) is 0.444. The van der Waals surface area contributed by atoms with E-state index >= 15 is 0 Å². The zero-order valence-corrected chi connectivity index (χ0v) is 14.6. The fourth-order valence-corrected chi connectivity index (χ4v) is 3.42. The second kappa shape index (κ2) is 6.37. The quantitative estimate of drug-likeness (QED) is 0.533. The number of benzene rings is 1. The van der Waals surface area contributed by atoms with Crippen LogP contribution in [0.4, 0.5) is 0 Å². The summed E-state index contributed by atoms with van der Waals surface area (Å²) in [6, 6.07) is 12.2. The van der Waals surface area contributed by atoms with Crippen molar-refractivity contribution >= 4 is 29.1 Å². The van der Waals surface area contributed by atoms with Crippen LogP contribution in [0.25, 0.3) is 5.69 Å². The first-order valence-electron chi connectivity index (χ1n) is 7.45. The summed E-state index contributed by atoms with van der Waals surface area (Å²) in [5.41, 5.74) is 3.73. The zero-order valence-electron chi connectivity index (χ0n) is 13.0. The van der Waals surface area contributed by atoms with E-state index in [0.717, 1.165) is 34.3 Å². The molecule has 0 saturated carbocycles. The predicted octanol–water partition coefficient (Wildman–Crippen LogP) is 3.47. The van der Waals surface area contributed by atoms with Crippen molar-refractivity contribution in [3.05, 3.63) is 65.5 Å². The molecule has 0 fully saturated rings. The van der Waals surface area contributed by atoms with Crippen LogP contribution in [-0.4, -0.2) is 31.7 Å². The number of alkyl halides is 1. The van der Waals surface area contributed by atoms with Gasteiger partial charge in [0.25, 0.3) is 0 Å². The number of hydrogen-bond donors (Lipinski definition) is 0. The third kappa shape index (κ3) is 2.52. The van der Waals surface area contributed by atoms with Crippen molar-refractivity contribution in [2.75, 3.05) is 6.26 Å². The normalized spacial score (nSPS) is 13.0. The van der Waals surface area contributed by atoms with E-state index in [-0.39, 0.29) is 0 Å². The van der Waals surface area contributed by atoms with E-state index in [9.17, 15) is 0 Å². The number of aromatic nitrogens is 4. The van der Waals surface area contributed by atoms with Crippen LogP contribution in [-0.2, 0) is 12.4 Å². The molecule has 4 rings (SSSR count). The molecule has 24 heavy (non-hydrogen) atoms. The minimum atomic E-state index is 0.301. The lowest BCUT2D eigenvalue weighted by molar-refractivity contribution is 0.858. The zero-order chi connectivity index (χ0) is 16.5. The molecule has 0 unspecified atom stereocenters. The molecule has 1 aliphatic rings. The molecule has 120 valence electrons. The summed E-state index contributed by atoms with van der Waals surface area (Å²) in [5.74, 6) is 1.81. The number of fused-ring (bicyclic) bond motifs is 3. The Bertz CT molecular complexity index is 920. The molecule has 0 bridgehead atoms. The van der Waals surface area contributed by atoms with Gasteiger partial charge < -0.3 is 0 Å². The van der Waals surface area contributed by atoms with Gasteiger partial charge in [-0.15, -0.1) is 33.6 Å². The highest BCUT2D eigenvalue weighted by Crippen LogP contribution is 2.29.